The number of nitrogens with one attached hydrogen (secondary N) is 1. The molecule has 2 rings (SSSR count). The zero-order valence-electron chi connectivity index (χ0n) is 12.2. The van der Waals surface area contributed by atoms with Crippen LogP contribution in [0.1, 0.15) is 24.1 Å². The SMILES string of the molecule is CCOc1ccc(Br)cc1C(Cc1cccc(Cl)c1)NC. The molecule has 1 N–H and O–H groups in total. The summed E-state index contributed by atoms with van der Waals surface area (Å²) in [7, 11) is 1.96. The summed E-state index contributed by atoms with van der Waals surface area (Å²) < 4.78 is 6.80. The van der Waals surface area contributed by atoms with Crippen molar-refractivity contribution in [2.75, 3.05) is 13.7 Å². The highest BCUT2D eigenvalue weighted by atomic mass is 79.9. The third kappa shape index (κ3) is 4.47. The fourth-order valence-corrected chi connectivity index (χ4v) is 2.94. The Morgan fingerprint density at radius 3 is 2.71 bits per heavy atom. The van der Waals surface area contributed by atoms with Crippen molar-refractivity contribution < 1.29 is 4.74 Å². The van der Waals surface area contributed by atoms with Crippen molar-refractivity contribution in [3.05, 3.63) is 63.1 Å². The number of hydrogen-bond acceptors (Lipinski definition) is 2. The molecule has 4 heteroatoms. The van der Waals surface area contributed by atoms with Crippen LogP contribution in [0.25, 0.3) is 0 Å². The van der Waals surface area contributed by atoms with Crippen LogP contribution in [0.5, 0.6) is 5.75 Å². The molecule has 0 aliphatic heterocycles. The van der Waals surface area contributed by atoms with Crippen molar-refractivity contribution in [3.63, 3.8) is 0 Å². The van der Waals surface area contributed by atoms with Gasteiger partial charge in [-0.05, 0) is 56.3 Å². The smallest absolute Gasteiger partial charge is 0.124 e. The lowest BCUT2D eigenvalue weighted by Gasteiger charge is -2.20. The monoisotopic (exact) mass is 367 g/mol. The van der Waals surface area contributed by atoms with Crippen LogP contribution >= 0.6 is 27.5 Å². The summed E-state index contributed by atoms with van der Waals surface area (Å²) >= 11 is 9.61. The topological polar surface area (TPSA) is 21.3 Å². The van der Waals surface area contributed by atoms with Crippen LogP contribution in [0.2, 0.25) is 5.02 Å². The van der Waals surface area contributed by atoms with Gasteiger partial charge in [0.2, 0.25) is 0 Å². The third-order valence-electron chi connectivity index (χ3n) is 3.32. The molecule has 2 aromatic rings. The van der Waals surface area contributed by atoms with Gasteiger partial charge in [-0.2, -0.15) is 0 Å². The molecule has 0 radical (unpaired) electrons. The molecule has 21 heavy (non-hydrogen) atoms. The van der Waals surface area contributed by atoms with Crippen molar-refractivity contribution in [1.29, 1.82) is 0 Å². The molecule has 0 heterocycles. The van der Waals surface area contributed by atoms with Crippen molar-refractivity contribution >= 4 is 27.5 Å². The number of halogens is 2. The maximum absolute atomic E-state index is 6.07. The Bertz CT molecular complexity index is 603. The summed E-state index contributed by atoms with van der Waals surface area (Å²) in [6, 6.07) is 14.3. The predicted octanol–water partition coefficient (Wildman–Crippen LogP) is 5.00. The normalized spacial score (nSPS) is 12.2. The zero-order valence-corrected chi connectivity index (χ0v) is 14.5. The standard InChI is InChI=1S/C17H19BrClNO/c1-3-21-17-8-7-13(18)11-15(17)16(20-2)10-12-5-4-6-14(19)9-12/h4-9,11,16,20H,3,10H2,1-2H3. The summed E-state index contributed by atoms with van der Waals surface area (Å²) in [5, 5.41) is 4.13. The van der Waals surface area contributed by atoms with Crippen molar-refractivity contribution in [2.24, 2.45) is 0 Å². The molecule has 1 unspecified atom stereocenters. The summed E-state index contributed by atoms with van der Waals surface area (Å²) in [4.78, 5) is 0. The van der Waals surface area contributed by atoms with Gasteiger partial charge in [-0.15, -0.1) is 0 Å². The van der Waals surface area contributed by atoms with E-state index in [-0.39, 0.29) is 6.04 Å². The van der Waals surface area contributed by atoms with E-state index in [1.165, 1.54) is 5.56 Å². The minimum Gasteiger partial charge on any atom is -0.494 e. The Balaban J connectivity index is 2.30. The Kier molecular flexibility index (Phi) is 6.09. The molecule has 0 aromatic heterocycles. The highest BCUT2D eigenvalue weighted by Crippen LogP contribution is 2.31. The maximum atomic E-state index is 6.07. The van der Waals surface area contributed by atoms with E-state index in [1.54, 1.807) is 0 Å². The molecule has 0 bridgehead atoms. The van der Waals surface area contributed by atoms with Gasteiger partial charge in [0.05, 0.1) is 6.61 Å². The molecule has 0 fully saturated rings. The molecule has 0 amide bonds. The highest BCUT2D eigenvalue weighted by molar-refractivity contribution is 9.10. The molecule has 0 aliphatic carbocycles. The van der Waals surface area contributed by atoms with Crippen LogP contribution < -0.4 is 10.1 Å². The van der Waals surface area contributed by atoms with E-state index in [9.17, 15) is 0 Å². The van der Waals surface area contributed by atoms with E-state index < -0.39 is 0 Å². The summed E-state index contributed by atoms with van der Waals surface area (Å²) in [5.41, 5.74) is 2.35. The van der Waals surface area contributed by atoms with Crippen LogP contribution in [0.15, 0.2) is 46.9 Å². The molecule has 0 saturated heterocycles. The van der Waals surface area contributed by atoms with E-state index in [4.69, 9.17) is 16.3 Å². The van der Waals surface area contributed by atoms with Crippen molar-refractivity contribution in [1.82, 2.24) is 5.32 Å². The lowest BCUT2D eigenvalue weighted by atomic mass is 9.98. The zero-order chi connectivity index (χ0) is 15.2. The first-order valence-corrected chi connectivity index (χ1v) is 8.15. The molecule has 2 aromatic carbocycles. The number of rotatable bonds is 6. The molecule has 2 nitrogen and oxygen atoms in total. The molecular weight excluding hydrogens is 350 g/mol. The maximum Gasteiger partial charge on any atom is 0.124 e. The number of benzene rings is 2. The Hall–Kier alpha value is -1.03. The van der Waals surface area contributed by atoms with Gasteiger partial charge in [0.15, 0.2) is 0 Å². The van der Waals surface area contributed by atoms with E-state index in [0.717, 1.165) is 27.2 Å². The van der Waals surface area contributed by atoms with Gasteiger partial charge in [0.1, 0.15) is 5.75 Å². The molecule has 0 aliphatic rings. The van der Waals surface area contributed by atoms with E-state index >= 15 is 0 Å². The largest absolute Gasteiger partial charge is 0.494 e. The van der Waals surface area contributed by atoms with Gasteiger partial charge in [-0.25, -0.2) is 0 Å². The van der Waals surface area contributed by atoms with Crippen LogP contribution in [-0.4, -0.2) is 13.7 Å². The fraction of sp³-hybridized carbons (Fsp3) is 0.294. The lowest BCUT2D eigenvalue weighted by Crippen LogP contribution is -2.20. The molecule has 0 spiro atoms. The van der Waals surface area contributed by atoms with Gasteiger partial charge >= 0.3 is 0 Å². The molecule has 112 valence electrons. The number of ether oxygens (including phenoxy) is 1. The van der Waals surface area contributed by atoms with Crippen molar-refractivity contribution in [3.8, 4) is 5.75 Å². The second-order valence-electron chi connectivity index (χ2n) is 4.79. The minimum atomic E-state index is 0.169. The Labute approximate surface area is 139 Å². The summed E-state index contributed by atoms with van der Waals surface area (Å²) in [6.07, 6.45) is 0.855. The van der Waals surface area contributed by atoms with Gasteiger partial charge < -0.3 is 10.1 Å². The quantitative estimate of drug-likeness (QED) is 0.774. The average molecular weight is 369 g/mol. The second kappa shape index (κ2) is 7.83. The van der Waals surface area contributed by atoms with E-state index in [2.05, 4.69) is 33.4 Å². The Morgan fingerprint density at radius 2 is 2.05 bits per heavy atom. The van der Waals surface area contributed by atoms with Crippen LogP contribution in [0.4, 0.5) is 0 Å². The first-order valence-electron chi connectivity index (χ1n) is 6.98. The molecule has 1 atom stereocenters. The molecule has 0 saturated carbocycles. The highest BCUT2D eigenvalue weighted by Gasteiger charge is 2.16. The first-order chi connectivity index (χ1) is 10.1. The lowest BCUT2D eigenvalue weighted by molar-refractivity contribution is 0.332. The molecular formula is C17H19BrClNO. The van der Waals surface area contributed by atoms with Crippen LogP contribution in [-0.2, 0) is 6.42 Å². The van der Waals surface area contributed by atoms with Crippen LogP contribution in [0.3, 0.4) is 0 Å². The average Bonchev–Trinajstić information content (AvgIpc) is 2.47. The Morgan fingerprint density at radius 1 is 1.24 bits per heavy atom. The van der Waals surface area contributed by atoms with E-state index in [1.807, 2.05) is 44.3 Å². The third-order valence-corrected chi connectivity index (χ3v) is 4.05. The van der Waals surface area contributed by atoms with E-state index in [0.29, 0.717) is 6.61 Å². The summed E-state index contributed by atoms with van der Waals surface area (Å²) in [6.45, 7) is 2.65. The fourth-order valence-electron chi connectivity index (χ4n) is 2.35. The van der Waals surface area contributed by atoms with Gasteiger partial charge in [0, 0.05) is 21.1 Å². The minimum absolute atomic E-state index is 0.169. The van der Waals surface area contributed by atoms with Crippen molar-refractivity contribution in [2.45, 2.75) is 19.4 Å². The number of hydrogen-bond donors (Lipinski definition) is 1. The number of likely N-dealkylation sites (N-methyl/N-ethyl adjacent to an activating group) is 1. The predicted molar refractivity (Wildman–Crippen MR) is 92.3 cm³/mol. The second-order valence-corrected chi connectivity index (χ2v) is 6.14. The van der Waals surface area contributed by atoms with Gasteiger partial charge in [-0.1, -0.05) is 39.7 Å². The first kappa shape index (κ1) is 16.3. The summed E-state index contributed by atoms with van der Waals surface area (Å²) in [5.74, 6) is 0.919. The van der Waals surface area contributed by atoms with Gasteiger partial charge in [0.25, 0.3) is 0 Å². The van der Waals surface area contributed by atoms with Crippen LogP contribution in [0, 0.1) is 0 Å². The van der Waals surface area contributed by atoms with Gasteiger partial charge in [-0.3, -0.25) is 0 Å².